The first kappa shape index (κ1) is 13.5. The van der Waals surface area contributed by atoms with Crippen molar-refractivity contribution in [3.05, 3.63) is 12.7 Å². The Bertz CT molecular complexity index is 285. The van der Waals surface area contributed by atoms with Gasteiger partial charge in [0.2, 0.25) is 0 Å². The van der Waals surface area contributed by atoms with Gasteiger partial charge in [-0.3, -0.25) is 4.79 Å². The van der Waals surface area contributed by atoms with Gasteiger partial charge in [-0.2, -0.15) is 0 Å². The molecule has 0 unspecified atom stereocenters. The van der Waals surface area contributed by atoms with Gasteiger partial charge in [-0.1, -0.05) is 25.3 Å². The Morgan fingerprint density at radius 1 is 1.35 bits per heavy atom. The number of hydrogen-bond donors (Lipinski definition) is 2. The van der Waals surface area contributed by atoms with E-state index in [-0.39, 0.29) is 25.2 Å². The summed E-state index contributed by atoms with van der Waals surface area (Å²) in [5, 5.41) is 11.6. The minimum atomic E-state index is -1.01. The molecule has 0 bridgehead atoms. The molecule has 0 atom stereocenters. The SMILES string of the molecule is C=CCN(CC(=O)O)C(=O)NC1CCCCC1. The number of nitrogens with zero attached hydrogens (tertiary/aromatic N) is 1. The fourth-order valence-electron chi connectivity index (χ4n) is 2.05. The van der Waals surface area contributed by atoms with E-state index in [9.17, 15) is 9.59 Å². The van der Waals surface area contributed by atoms with E-state index >= 15 is 0 Å². The van der Waals surface area contributed by atoms with Crippen LogP contribution in [0.15, 0.2) is 12.7 Å². The molecule has 1 saturated carbocycles. The molecule has 17 heavy (non-hydrogen) atoms. The van der Waals surface area contributed by atoms with Crippen LogP contribution >= 0.6 is 0 Å². The number of carbonyl (C=O) groups excluding carboxylic acids is 1. The second kappa shape index (κ2) is 6.93. The fourth-order valence-corrected chi connectivity index (χ4v) is 2.05. The summed E-state index contributed by atoms with van der Waals surface area (Å²) < 4.78 is 0. The zero-order valence-electron chi connectivity index (χ0n) is 10.0. The van der Waals surface area contributed by atoms with Crippen molar-refractivity contribution in [2.24, 2.45) is 0 Å². The highest BCUT2D eigenvalue weighted by Crippen LogP contribution is 2.17. The van der Waals surface area contributed by atoms with E-state index in [4.69, 9.17) is 5.11 Å². The summed E-state index contributed by atoms with van der Waals surface area (Å²) in [4.78, 5) is 23.7. The molecule has 1 aliphatic rings. The Labute approximate surface area is 101 Å². The Balaban J connectivity index is 2.45. The van der Waals surface area contributed by atoms with E-state index in [0.717, 1.165) is 25.7 Å². The van der Waals surface area contributed by atoms with Crippen molar-refractivity contribution in [3.8, 4) is 0 Å². The van der Waals surface area contributed by atoms with Gasteiger partial charge in [-0.15, -0.1) is 6.58 Å². The molecule has 0 saturated heterocycles. The number of carboxylic acids is 1. The number of urea groups is 1. The molecule has 0 radical (unpaired) electrons. The molecule has 0 heterocycles. The lowest BCUT2D eigenvalue weighted by atomic mass is 9.96. The molecule has 0 aromatic heterocycles. The van der Waals surface area contributed by atoms with E-state index < -0.39 is 5.97 Å². The number of amides is 2. The Kier molecular flexibility index (Phi) is 5.52. The lowest BCUT2D eigenvalue weighted by Gasteiger charge is -2.26. The monoisotopic (exact) mass is 240 g/mol. The molecule has 0 spiro atoms. The van der Waals surface area contributed by atoms with Crippen LogP contribution in [0, 0.1) is 0 Å². The molecule has 2 amide bonds. The maximum absolute atomic E-state index is 11.8. The normalized spacial score (nSPS) is 16.2. The molecule has 2 N–H and O–H groups in total. The number of rotatable bonds is 5. The zero-order valence-corrected chi connectivity index (χ0v) is 10.0. The standard InChI is InChI=1S/C12H20N2O3/c1-2-8-14(9-11(15)16)12(17)13-10-6-4-3-5-7-10/h2,10H,1,3-9H2,(H,13,17)(H,15,16). The second-order valence-electron chi connectivity index (χ2n) is 4.35. The lowest BCUT2D eigenvalue weighted by molar-refractivity contribution is -0.137. The van der Waals surface area contributed by atoms with Crippen LogP contribution < -0.4 is 5.32 Å². The summed E-state index contributed by atoms with van der Waals surface area (Å²) in [6.07, 6.45) is 6.99. The molecule has 1 fully saturated rings. The molecule has 5 heteroatoms. The van der Waals surface area contributed by atoms with Gasteiger partial charge >= 0.3 is 12.0 Å². The molecule has 0 aromatic rings. The van der Waals surface area contributed by atoms with Crippen LogP contribution in [0.2, 0.25) is 0 Å². The topological polar surface area (TPSA) is 69.6 Å². The van der Waals surface area contributed by atoms with Gasteiger partial charge in [0, 0.05) is 12.6 Å². The second-order valence-corrected chi connectivity index (χ2v) is 4.35. The minimum Gasteiger partial charge on any atom is -0.480 e. The summed E-state index contributed by atoms with van der Waals surface area (Å²) in [6.45, 7) is 3.49. The highest BCUT2D eigenvalue weighted by Gasteiger charge is 2.20. The van der Waals surface area contributed by atoms with Crippen molar-refractivity contribution >= 4 is 12.0 Å². The summed E-state index contributed by atoms with van der Waals surface area (Å²) in [5.41, 5.74) is 0. The summed E-state index contributed by atoms with van der Waals surface area (Å²) in [5.74, 6) is -1.01. The maximum atomic E-state index is 11.8. The van der Waals surface area contributed by atoms with Crippen LogP contribution in [0.5, 0.6) is 0 Å². The van der Waals surface area contributed by atoms with Crippen LogP contribution in [0.4, 0.5) is 4.79 Å². The number of aliphatic carboxylic acids is 1. The van der Waals surface area contributed by atoms with Gasteiger partial charge in [0.05, 0.1) is 0 Å². The molecular weight excluding hydrogens is 220 g/mol. The van der Waals surface area contributed by atoms with Gasteiger partial charge in [0.15, 0.2) is 0 Å². The van der Waals surface area contributed by atoms with Crippen molar-refractivity contribution in [2.75, 3.05) is 13.1 Å². The first-order valence-electron chi connectivity index (χ1n) is 6.01. The van der Waals surface area contributed by atoms with Crippen LogP contribution in [0.3, 0.4) is 0 Å². The molecule has 0 aliphatic heterocycles. The third-order valence-electron chi connectivity index (χ3n) is 2.90. The molecular formula is C12H20N2O3. The van der Waals surface area contributed by atoms with Gasteiger partial charge in [0.1, 0.15) is 6.54 Å². The first-order chi connectivity index (χ1) is 8.13. The fraction of sp³-hybridized carbons (Fsp3) is 0.667. The first-order valence-corrected chi connectivity index (χ1v) is 6.01. The Morgan fingerprint density at radius 2 is 2.00 bits per heavy atom. The number of hydrogen-bond acceptors (Lipinski definition) is 2. The molecule has 1 rings (SSSR count). The van der Waals surface area contributed by atoms with Crippen LogP contribution in [-0.2, 0) is 4.79 Å². The summed E-state index contributed by atoms with van der Waals surface area (Å²) >= 11 is 0. The molecule has 1 aliphatic carbocycles. The summed E-state index contributed by atoms with van der Waals surface area (Å²) in [6, 6.07) is -0.114. The minimum absolute atomic E-state index is 0.192. The van der Waals surface area contributed by atoms with Crippen molar-refractivity contribution < 1.29 is 14.7 Å². The quantitative estimate of drug-likeness (QED) is 0.717. The molecule has 96 valence electrons. The van der Waals surface area contributed by atoms with E-state index in [2.05, 4.69) is 11.9 Å². The Hall–Kier alpha value is -1.52. The summed E-state index contributed by atoms with van der Waals surface area (Å²) in [7, 11) is 0. The van der Waals surface area contributed by atoms with Gasteiger partial charge < -0.3 is 15.3 Å². The Morgan fingerprint density at radius 3 is 2.53 bits per heavy atom. The lowest BCUT2D eigenvalue weighted by Crippen LogP contribution is -2.47. The average Bonchev–Trinajstić information content (AvgIpc) is 2.29. The van der Waals surface area contributed by atoms with E-state index in [1.165, 1.54) is 17.4 Å². The smallest absolute Gasteiger partial charge is 0.323 e. The van der Waals surface area contributed by atoms with Crippen molar-refractivity contribution in [3.63, 3.8) is 0 Å². The van der Waals surface area contributed by atoms with Crippen LogP contribution in [0.1, 0.15) is 32.1 Å². The van der Waals surface area contributed by atoms with Crippen LogP contribution in [0.25, 0.3) is 0 Å². The third kappa shape index (κ3) is 4.89. The van der Waals surface area contributed by atoms with E-state index in [1.807, 2.05) is 0 Å². The van der Waals surface area contributed by atoms with Gasteiger partial charge in [0.25, 0.3) is 0 Å². The average molecular weight is 240 g/mol. The van der Waals surface area contributed by atoms with E-state index in [0.29, 0.717) is 0 Å². The van der Waals surface area contributed by atoms with Gasteiger partial charge in [-0.25, -0.2) is 4.79 Å². The highest BCUT2D eigenvalue weighted by molar-refractivity contribution is 5.80. The molecule has 5 nitrogen and oxygen atoms in total. The van der Waals surface area contributed by atoms with Crippen molar-refractivity contribution in [1.82, 2.24) is 10.2 Å². The highest BCUT2D eigenvalue weighted by atomic mass is 16.4. The maximum Gasteiger partial charge on any atom is 0.323 e. The number of carbonyl (C=O) groups is 2. The van der Waals surface area contributed by atoms with Crippen LogP contribution in [-0.4, -0.2) is 41.1 Å². The largest absolute Gasteiger partial charge is 0.480 e. The zero-order chi connectivity index (χ0) is 12.7. The van der Waals surface area contributed by atoms with Gasteiger partial charge in [-0.05, 0) is 12.8 Å². The molecule has 0 aromatic carbocycles. The predicted molar refractivity (Wildman–Crippen MR) is 64.8 cm³/mol. The van der Waals surface area contributed by atoms with Crippen molar-refractivity contribution in [1.29, 1.82) is 0 Å². The number of carboxylic acid groups (broad SMARTS) is 1. The van der Waals surface area contributed by atoms with Crippen molar-refractivity contribution in [2.45, 2.75) is 38.1 Å². The number of nitrogens with one attached hydrogen (secondary N) is 1. The third-order valence-corrected chi connectivity index (χ3v) is 2.90. The predicted octanol–water partition coefficient (Wildman–Crippen LogP) is 1.60. The van der Waals surface area contributed by atoms with E-state index in [1.54, 1.807) is 0 Å².